The molecular formula is C43H25NS2. The highest BCUT2D eigenvalue weighted by Crippen LogP contribution is 2.46. The van der Waals surface area contributed by atoms with Crippen LogP contribution in [0.1, 0.15) is 5.56 Å². The third-order valence-corrected chi connectivity index (χ3v) is 11.2. The molecule has 7 aromatic carbocycles. The van der Waals surface area contributed by atoms with Crippen molar-refractivity contribution in [3.63, 3.8) is 0 Å². The molecule has 9 aromatic rings. The summed E-state index contributed by atoms with van der Waals surface area (Å²) in [5.41, 5.74) is 9.79. The molecular weight excluding hydrogens is 595 g/mol. The van der Waals surface area contributed by atoms with Crippen molar-refractivity contribution in [1.82, 2.24) is 0 Å². The molecule has 0 aliphatic heterocycles. The molecule has 214 valence electrons. The van der Waals surface area contributed by atoms with Gasteiger partial charge in [-0.1, -0.05) is 91.0 Å². The van der Waals surface area contributed by atoms with Gasteiger partial charge in [-0.2, -0.15) is 5.26 Å². The summed E-state index contributed by atoms with van der Waals surface area (Å²) in [5.74, 6) is 0. The first-order chi connectivity index (χ1) is 22.7. The Morgan fingerprint density at radius 2 is 0.891 bits per heavy atom. The van der Waals surface area contributed by atoms with Gasteiger partial charge in [-0.15, -0.1) is 22.7 Å². The van der Waals surface area contributed by atoms with Crippen LogP contribution in [0.15, 0.2) is 152 Å². The minimum atomic E-state index is 0.653. The third kappa shape index (κ3) is 4.43. The fraction of sp³-hybridized carbons (Fsp3) is 0. The molecule has 3 heteroatoms. The molecule has 0 N–H and O–H groups in total. The Morgan fingerprint density at radius 3 is 1.48 bits per heavy atom. The van der Waals surface area contributed by atoms with Crippen LogP contribution in [0.2, 0.25) is 0 Å². The second kappa shape index (κ2) is 10.8. The van der Waals surface area contributed by atoms with E-state index < -0.39 is 0 Å². The zero-order valence-corrected chi connectivity index (χ0v) is 26.3. The summed E-state index contributed by atoms with van der Waals surface area (Å²) in [6, 6.07) is 56.8. The van der Waals surface area contributed by atoms with Crippen molar-refractivity contribution >= 4 is 63.0 Å². The Kier molecular flexibility index (Phi) is 6.31. The molecule has 0 saturated heterocycles. The second-order valence-electron chi connectivity index (χ2n) is 11.6. The van der Waals surface area contributed by atoms with Crippen molar-refractivity contribution in [2.45, 2.75) is 0 Å². The maximum atomic E-state index is 9.92. The lowest BCUT2D eigenvalue weighted by molar-refractivity contribution is 1.48. The van der Waals surface area contributed by atoms with E-state index in [2.05, 4.69) is 140 Å². The molecule has 9 rings (SSSR count). The Bertz CT molecular complexity index is 2520. The summed E-state index contributed by atoms with van der Waals surface area (Å²) in [4.78, 5) is 0. The van der Waals surface area contributed by atoms with E-state index in [0.717, 1.165) is 38.9 Å². The zero-order valence-electron chi connectivity index (χ0n) is 24.7. The minimum Gasteiger partial charge on any atom is -0.192 e. The highest BCUT2D eigenvalue weighted by atomic mass is 32.1. The van der Waals surface area contributed by atoms with E-state index in [4.69, 9.17) is 0 Å². The van der Waals surface area contributed by atoms with Crippen LogP contribution in [-0.2, 0) is 0 Å². The first kappa shape index (κ1) is 26.8. The van der Waals surface area contributed by atoms with Gasteiger partial charge >= 0.3 is 0 Å². The standard InChI is InChI=1S/C43H25NS2/c44-26-27-9-8-12-31(21-27)43-35(29-17-19-41-37(22-29)33-13-4-6-15-39(33)45-41)24-32(28-10-2-1-3-11-28)25-36(43)30-18-20-42-38(23-30)34-14-5-7-16-40(34)46-42/h1-25H. The van der Waals surface area contributed by atoms with E-state index in [0.29, 0.717) is 5.56 Å². The van der Waals surface area contributed by atoms with E-state index in [9.17, 15) is 5.26 Å². The average Bonchev–Trinajstić information content (AvgIpc) is 3.69. The van der Waals surface area contributed by atoms with Gasteiger partial charge in [-0.25, -0.2) is 0 Å². The van der Waals surface area contributed by atoms with Gasteiger partial charge in [0.15, 0.2) is 0 Å². The topological polar surface area (TPSA) is 23.8 Å². The van der Waals surface area contributed by atoms with Crippen LogP contribution in [0.4, 0.5) is 0 Å². The van der Waals surface area contributed by atoms with Gasteiger partial charge < -0.3 is 0 Å². The first-order valence-electron chi connectivity index (χ1n) is 15.3. The van der Waals surface area contributed by atoms with Crippen LogP contribution >= 0.6 is 22.7 Å². The number of rotatable bonds is 4. The van der Waals surface area contributed by atoms with Crippen LogP contribution in [0.3, 0.4) is 0 Å². The summed E-state index contributed by atoms with van der Waals surface area (Å²) in [7, 11) is 0. The van der Waals surface area contributed by atoms with Gasteiger partial charge in [0.25, 0.3) is 0 Å². The molecule has 0 bridgehead atoms. The lowest BCUT2D eigenvalue weighted by atomic mass is 9.84. The lowest BCUT2D eigenvalue weighted by Gasteiger charge is -2.19. The third-order valence-electron chi connectivity index (χ3n) is 8.90. The Hall–Kier alpha value is -5.53. The molecule has 0 aliphatic carbocycles. The summed E-state index contributed by atoms with van der Waals surface area (Å²) in [6.07, 6.45) is 0. The van der Waals surface area contributed by atoms with Crippen molar-refractivity contribution in [2.75, 3.05) is 0 Å². The van der Waals surface area contributed by atoms with Crippen molar-refractivity contribution in [1.29, 1.82) is 5.26 Å². The van der Waals surface area contributed by atoms with Gasteiger partial charge in [0, 0.05) is 40.3 Å². The summed E-state index contributed by atoms with van der Waals surface area (Å²) in [6.45, 7) is 0. The van der Waals surface area contributed by atoms with Gasteiger partial charge in [0.05, 0.1) is 11.6 Å². The van der Waals surface area contributed by atoms with Crippen molar-refractivity contribution in [3.8, 4) is 50.6 Å². The summed E-state index contributed by atoms with van der Waals surface area (Å²) >= 11 is 3.68. The van der Waals surface area contributed by atoms with Crippen LogP contribution in [0.25, 0.3) is 84.9 Å². The molecule has 0 saturated carbocycles. The van der Waals surface area contributed by atoms with Gasteiger partial charge in [0.2, 0.25) is 0 Å². The van der Waals surface area contributed by atoms with Gasteiger partial charge in [-0.05, 0) is 105 Å². The molecule has 0 fully saturated rings. The van der Waals surface area contributed by atoms with Crippen LogP contribution in [-0.4, -0.2) is 0 Å². The molecule has 46 heavy (non-hydrogen) atoms. The Labute approximate surface area is 274 Å². The second-order valence-corrected chi connectivity index (χ2v) is 13.8. The lowest BCUT2D eigenvalue weighted by Crippen LogP contribution is -1.94. The quantitative estimate of drug-likeness (QED) is 0.192. The van der Waals surface area contributed by atoms with Crippen LogP contribution in [0, 0.1) is 11.3 Å². The van der Waals surface area contributed by atoms with E-state index in [-0.39, 0.29) is 0 Å². The predicted molar refractivity (Wildman–Crippen MR) is 199 cm³/mol. The molecule has 0 spiro atoms. The fourth-order valence-corrected chi connectivity index (χ4v) is 8.91. The molecule has 2 heterocycles. The fourth-order valence-electron chi connectivity index (χ4n) is 6.74. The van der Waals surface area contributed by atoms with Gasteiger partial charge in [-0.3, -0.25) is 0 Å². The molecule has 0 aliphatic rings. The first-order valence-corrected chi connectivity index (χ1v) is 16.9. The molecule has 0 unspecified atom stereocenters. The zero-order chi connectivity index (χ0) is 30.6. The number of thiophene rings is 2. The number of hydrogen-bond acceptors (Lipinski definition) is 3. The molecule has 0 radical (unpaired) electrons. The van der Waals surface area contributed by atoms with E-state index in [1.165, 1.54) is 45.9 Å². The maximum Gasteiger partial charge on any atom is 0.0991 e. The summed E-state index contributed by atoms with van der Waals surface area (Å²) < 4.78 is 5.16. The Morgan fingerprint density at radius 1 is 0.370 bits per heavy atom. The van der Waals surface area contributed by atoms with Crippen LogP contribution in [0.5, 0.6) is 0 Å². The number of nitrogens with zero attached hydrogens (tertiary/aromatic N) is 1. The number of benzene rings is 7. The monoisotopic (exact) mass is 619 g/mol. The summed E-state index contributed by atoms with van der Waals surface area (Å²) in [5, 5.41) is 15.0. The highest BCUT2D eigenvalue weighted by Gasteiger charge is 2.19. The number of hydrogen-bond donors (Lipinski definition) is 0. The van der Waals surface area contributed by atoms with E-state index in [1.54, 1.807) is 0 Å². The number of fused-ring (bicyclic) bond motifs is 6. The SMILES string of the molecule is N#Cc1cccc(-c2c(-c3ccc4sc5ccccc5c4c3)cc(-c3ccccc3)cc2-c2ccc3sc4ccccc4c3c2)c1. The molecule has 0 amide bonds. The van der Waals surface area contributed by atoms with Gasteiger partial charge in [0.1, 0.15) is 0 Å². The maximum absolute atomic E-state index is 9.92. The minimum absolute atomic E-state index is 0.653. The van der Waals surface area contributed by atoms with Crippen molar-refractivity contribution in [3.05, 3.63) is 157 Å². The molecule has 1 nitrogen and oxygen atoms in total. The Balaban J connectivity index is 1.39. The van der Waals surface area contributed by atoms with Crippen molar-refractivity contribution in [2.24, 2.45) is 0 Å². The van der Waals surface area contributed by atoms with E-state index in [1.807, 2.05) is 40.9 Å². The van der Waals surface area contributed by atoms with Crippen LogP contribution < -0.4 is 0 Å². The molecule has 0 atom stereocenters. The average molecular weight is 620 g/mol. The number of nitriles is 1. The smallest absolute Gasteiger partial charge is 0.0991 e. The normalized spacial score (nSPS) is 11.5. The highest BCUT2D eigenvalue weighted by molar-refractivity contribution is 7.26. The molecule has 2 aromatic heterocycles. The van der Waals surface area contributed by atoms with E-state index >= 15 is 0 Å². The predicted octanol–water partition coefficient (Wildman–Crippen LogP) is 13.0. The van der Waals surface area contributed by atoms with Crippen molar-refractivity contribution < 1.29 is 0 Å². The largest absolute Gasteiger partial charge is 0.192 e.